The maximum Gasteiger partial charge on any atom is 0.0591 e. The lowest BCUT2D eigenvalue weighted by atomic mass is 9.71. The minimum absolute atomic E-state index is 0.496. The summed E-state index contributed by atoms with van der Waals surface area (Å²) in [6, 6.07) is 8.97. The Labute approximate surface area is 105 Å². The largest absolute Gasteiger partial charge is 0.314 e. The van der Waals surface area contributed by atoms with Gasteiger partial charge in [0.05, 0.1) is 22.9 Å². The number of fused-ring (bicyclic) bond motifs is 2. The van der Waals surface area contributed by atoms with Crippen molar-refractivity contribution in [2.24, 2.45) is 0 Å². The first-order valence-electron chi connectivity index (χ1n) is 5.85. The molecule has 1 aliphatic heterocycles. The van der Waals surface area contributed by atoms with Crippen LogP contribution in [0.15, 0.2) is 24.3 Å². The van der Waals surface area contributed by atoms with Gasteiger partial charge in [-0.3, -0.25) is 0 Å². The van der Waals surface area contributed by atoms with Crippen LogP contribution in [0.25, 0.3) is 0 Å². The van der Waals surface area contributed by atoms with Crippen LogP contribution in [0, 0.1) is 0 Å². The van der Waals surface area contributed by atoms with E-state index in [1.165, 1.54) is 44.3 Å². The van der Waals surface area contributed by atoms with E-state index in [2.05, 4.69) is 50.2 Å². The van der Waals surface area contributed by atoms with Gasteiger partial charge in [0.2, 0.25) is 0 Å². The van der Waals surface area contributed by atoms with Crippen molar-refractivity contribution < 1.29 is 0 Å². The lowest BCUT2D eigenvalue weighted by Gasteiger charge is -2.33. The van der Waals surface area contributed by atoms with E-state index >= 15 is 0 Å². The molecule has 1 saturated carbocycles. The van der Waals surface area contributed by atoms with Gasteiger partial charge in [-0.05, 0) is 24.5 Å². The van der Waals surface area contributed by atoms with E-state index in [4.69, 9.17) is 0 Å². The third-order valence-electron chi connectivity index (χ3n) is 3.99. The van der Waals surface area contributed by atoms with E-state index in [1.54, 1.807) is 5.56 Å². The molecular formula is C13H16IN. The van der Waals surface area contributed by atoms with E-state index in [9.17, 15) is 0 Å². The summed E-state index contributed by atoms with van der Waals surface area (Å²) in [5, 5.41) is 0. The van der Waals surface area contributed by atoms with Crippen LogP contribution in [0.5, 0.6) is 0 Å². The van der Waals surface area contributed by atoms with Crippen LogP contribution in [-0.4, -0.2) is 6.54 Å². The van der Waals surface area contributed by atoms with Crippen LogP contribution < -0.4 is 3.11 Å². The normalized spacial score (nSPS) is 23.1. The molecule has 1 aromatic carbocycles. The third kappa shape index (κ3) is 1.49. The van der Waals surface area contributed by atoms with Crippen molar-refractivity contribution in [3.8, 4) is 0 Å². The highest BCUT2D eigenvalue weighted by atomic mass is 127. The number of halogens is 1. The van der Waals surface area contributed by atoms with E-state index in [-0.39, 0.29) is 0 Å². The predicted molar refractivity (Wildman–Crippen MR) is 72.6 cm³/mol. The molecule has 3 rings (SSSR count). The molecule has 2 aliphatic rings. The van der Waals surface area contributed by atoms with Crippen molar-refractivity contribution in [2.75, 3.05) is 9.66 Å². The Balaban J connectivity index is 2.06. The van der Waals surface area contributed by atoms with E-state index in [1.807, 2.05) is 0 Å². The highest BCUT2D eigenvalue weighted by molar-refractivity contribution is 14.1. The van der Waals surface area contributed by atoms with Gasteiger partial charge in [0.25, 0.3) is 0 Å². The Hall–Kier alpha value is -0.250. The molecular weight excluding hydrogens is 297 g/mol. The molecule has 0 bridgehead atoms. The second-order valence-corrected chi connectivity index (χ2v) is 6.04. The number of nitrogens with zero attached hydrogens (tertiary/aromatic N) is 1. The summed E-state index contributed by atoms with van der Waals surface area (Å²) in [6.07, 6.45) is 7.05. The van der Waals surface area contributed by atoms with Gasteiger partial charge >= 0.3 is 0 Å². The van der Waals surface area contributed by atoms with Gasteiger partial charge in [0.1, 0.15) is 0 Å². The van der Waals surface area contributed by atoms with E-state index in [0.29, 0.717) is 5.41 Å². The van der Waals surface area contributed by atoms with Crippen molar-refractivity contribution in [3.63, 3.8) is 0 Å². The monoisotopic (exact) mass is 313 g/mol. The molecule has 0 saturated heterocycles. The summed E-state index contributed by atoms with van der Waals surface area (Å²) in [7, 11) is 0. The number of anilines is 1. The molecule has 0 amide bonds. The van der Waals surface area contributed by atoms with Gasteiger partial charge in [0, 0.05) is 17.6 Å². The molecule has 1 spiro atoms. The van der Waals surface area contributed by atoms with Gasteiger partial charge in [-0.2, -0.15) is 0 Å². The smallest absolute Gasteiger partial charge is 0.0591 e. The summed E-state index contributed by atoms with van der Waals surface area (Å²) >= 11 is 2.47. The molecule has 0 N–H and O–H groups in total. The van der Waals surface area contributed by atoms with Crippen molar-refractivity contribution in [1.82, 2.24) is 0 Å². The van der Waals surface area contributed by atoms with Gasteiger partial charge < -0.3 is 3.11 Å². The zero-order chi connectivity index (χ0) is 10.3. The third-order valence-corrected chi connectivity index (χ3v) is 4.85. The molecule has 0 atom stereocenters. The molecule has 15 heavy (non-hydrogen) atoms. The second-order valence-electron chi connectivity index (χ2n) is 4.88. The molecule has 1 fully saturated rings. The summed E-state index contributed by atoms with van der Waals surface area (Å²) in [5.41, 5.74) is 3.56. The number of hydrogen-bond acceptors (Lipinski definition) is 1. The minimum atomic E-state index is 0.496. The number of rotatable bonds is 0. The lowest BCUT2D eigenvalue weighted by Crippen LogP contribution is -2.32. The van der Waals surface area contributed by atoms with Crippen LogP contribution >= 0.6 is 22.9 Å². The van der Waals surface area contributed by atoms with Crippen molar-refractivity contribution in [3.05, 3.63) is 29.8 Å². The van der Waals surface area contributed by atoms with Crippen molar-refractivity contribution in [1.29, 1.82) is 0 Å². The highest BCUT2D eigenvalue weighted by Crippen LogP contribution is 2.49. The first-order chi connectivity index (χ1) is 7.32. The van der Waals surface area contributed by atoms with Crippen LogP contribution in [0.4, 0.5) is 5.69 Å². The van der Waals surface area contributed by atoms with Gasteiger partial charge in [-0.25, -0.2) is 0 Å². The van der Waals surface area contributed by atoms with Crippen molar-refractivity contribution >= 4 is 28.6 Å². The number of hydrogen-bond donors (Lipinski definition) is 0. The fourth-order valence-corrected chi connectivity index (χ4v) is 4.30. The molecule has 0 aromatic heterocycles. The summed E-state index contributed by atoms with van der Waals surface area (Å²) in [5.74, 6) is 0. The summed E-state index contributed by atoms with van der Waals surface area (Å²) in [4.78, 5) is 0. The summed E-state index contributed by atoms with van der Waals surface area (Å²) < 4.78 is 2.42. The maximum absolute atomic E-state index is 2.47. The maximum atomic E-state index is 2.47. The van der Waals surface area contributed by atoms with Crippen LogP contribution in [0.2, 0.25) is 0 Å². The molecule has 1 heterocycles. The fourth-order valence-electron chi connectivity index (χ4n) is 3.23. The molecule has 80 valence electrons. The lowest BCUT2D eigenvalue weighted by molar-refractivity contribution is 0.317. The summed E-state index contributed by atoms with van der Waals surface area (Å²) in [6.45, 7) is 1.23. The average molecular weight is 313 g/mol. The molecule has 0 unspecified atom stereocenters. The number of para-hydroxylation sites is 1. The minimum Gasteiger partial charge on any atom is -0.314 e. The topological polar surface area (TPSA) is 3.24 Å². The van der Waals surface area contributed by atoms with Gasteiger partial charge in [-0.15, -0.1) is 0 Å². The fraction of sp³-hybridized carbons (Fsp3) is 0.538. The van der Waals surface area contributed by atoms with Gasteiger partial charge in [-0.1, -0.05) is 37.5 Å². The predicted octanol–water partition coefficient (Wildman–Crippen LogP) is 4.06. The average Bonchev–Trinajstić information content (AvgIpc) is 2.55. The van der Waals surface area contributed by atoms with Gasteiger partial charge in [0.15, 0.2) is 0 Å². The van der Waals surface area contributed by atoms with Crippen LogP contribution in [-0.2, 0) is 5.41 Å². The number of benzene rings is 1. The zero-order valence-electron chi connectivity index (χ0n) is 8.88. The van der Waals surface area contributed by atoms with Crippen LogP contribution in [0.3, 0.4) is 0 Å². The first kappa shape index (κ1) is 9.94. The highest BCUT2D eigenvalue weighted by Gasteiger charge is 2.42. The second kappa shape index (κ2) is 3.65. The molecule has 1 aliphatic carbocycles. The quantitative estimate of drug-likeness (QED) is 0.516. The molecule has 1 aromatic rings. The Morgan fingerprint density at radius 1 is 1.07 bits per heavy atom. The molecule has 1 nitrogen and oxygen atoms in total. The standard InChI is InChI=1S/C13H16IN/c14-15-10-13(8-4-1-5-9-13)11-6-2-3-7-12(11)15/h2-3,6-7H,1,4-5,8-10H2. The van der Waals surface area contributed by atoms with E-state index in [0.717, 1.165) is 0 Å². The molecule has 2 heteroatoms. The van der Waals surface area contributed by atoms with E-state index < -0.39 is 0 Å². The zero-order valence-corrected chi connectivity index (χ0v) is 11.0. The van der Waals surface area contributed by atoms with Crippen LogP contribution in [0.1, 0.15) is 37.7 Å². The Morgan fingerprint density at radius 2 is 1.80 bits per heavy atom. The SMILES string of the molecule is IN1CC2(CCCCC2)c2ccccc21. The first-order valence-corrected chi connectivity index (χ1v) is 6.81. The Morgan fingerprint density at radius 3 is 2.60 bits per heavy atom. The Kier molecular flexibility index (Phi) is 2.42. The van der Waals surface area contributed by atoms with Crippen molar-refractivity contribution in [2.45, 2.75) is 37.5 Å². The Bertz CT molecular complexity index is 369. The molecule has 0 radical (unpaired) electrons.